The maximum atomic E-state index is 5.96. The molecule has 0 heterocycles. The number of hydrogen-bond donors (Lipinski definition) is 1. The van der Waals surface area contributed by atoms with Gasteiger partial charge in [0, 0.05) is 9.50 Å². The van der Waals surface area contributed by atoms with E-state index in [9.17, 15) is 0 Å². The Morgan fingerprint density at radius 2 is 1.74 bits per heavy atom. The highest BCUT2D eigenvalue weighted by Gasteiger charge is 2.13. The predicted molar refractivity (Wildman–Crippen MR) is 85.9 cm³/mol. The average Bonchev–Trinajstić information content (AvgIpc) is 2.41. The van der Waals surface area contributed by atoms with Gasteiger partial charge in [0.2, 0.25) is 0 Å². The Hall–Kier alpha value is -0.830. The van der Waals surface area contributed by atoms with Crippen LogP contribution in [0.4, 0.5) is 0 Å². The monoisotopic (exact) mass is 337 g/mol. The predicted octanol–water partition coefficient (Wildman–Crippen LogP) is 5.11. The van der Waals surface area contributed by atoms with E-state index in [0.717, 1.165) is 16.0 Å². The molecule has 1 atom stereocenters. The second-order valence-corrected chi connectivity index (χ2v) is 5.84. The summed E-state index contributed by atoms with van der Waals surface area (Å²) in [5.41, 5.74) is 3.74. The molecule has 2 rings (SSSR count). The van der Waals surface area contributed by atoms with Crippen LogP contribution in [-0.4, -0.2) is 6.54 Å². The van der Waals surface area contributed by atoms with Crippen LogP contribution in [0, 0.1) is 6.92 Å². The van der Waals surface area contributed by atoms with Crippen molar-refractivity contribution in [1.29, 1.82) is 0 Å². The van der Waals surface area contributed by atoms with Gasteiger partial charge in [0.15, 0.2) is 0 Å². The minimum atomic E-state index is 0.203. The van der Waals surface area contributed by atoms with Crippen LogP contribution >= 0.6 is 27.5 Å². The van der Waals surface area contributed by atoms with E-state index in [0.29, 0.717) is 0 Å². The molecular formula is C16H17BrClN. The fourth-order valence-corrected chi connectivity index (χ4v) is 2.51. The van der Waals surface area contributed by atoms with Crippen LogP contribution in [0.3, 0.4) is 0 Å². The fraction of sp³-hybridized carbons (Fsp3) is 0.250. The number of nitrogens with one attached hydrogen (secondary N) is 1. The molecule has 3 heteroatoms. The van der Waals surface area contributed by atoms with Crippen molar-refractivity contribution in [2.75, 3.05) is 6.54 Å². The summed E-state index contributed by atoms with van der Waals surface area (Å²) in [4.78, 5) is 0. The highest BCUT2D eigenvalue weighted by atomic mass is 79.9. The fourth-order valence-electron chi connectivity index (χ4n) is 2.13. The van der Waals surface area contributed by atoms with Gasteiger partial charge in [-0.2, -0.15) is 0 Å². The molecule has 0 aliphatic carbocycles. The molecule has 1 N–H and O–H groups in total. The molecule has 1 unspecified atom stereocenters. The number of hydrogen-bond acceptors (Lipinski definition) is 1. The van der Waals surface area contributed by atoms with Gasteiger partial charge < -0.3 is 5.32 Å². The van der Waals surface area contributed by atoms with Gasteiger partial charge >= 0.3 is 0 Å². The number of benzene rings is 2. The molecule has 0 aliphatic rings. The summed E-state index contributed by atoms with van der Waals surface area (Å²) in [6.45, 7) is 5.15. The maximum absolute atomic E-state index is 5.96. The van der Waals surface area contributed by atoms with Crippen LogP contribution in [0.25, 0.3) is 0 Å². The Bertz CT molecular complexity index is 551. The molecule has 0 saturated heterocycles. The summed E-state index contributed by atoms with van der Waals surface area (Å²) < 4.78 is 1.14. The first-order valence-electron chi connectivity index (χ1n) is 6.36. The lowest BCUT2D eigenvalue weighted by Gasteiger charge is -2.20. The standard InChI is InChI=1S/C16H17BrClN/c1-3-19-16(12-4-7-14(18)8-5-12)13-6-9-15(17)11(2)10-13/h4-10,16,19H,3H2,1-2H3. The molecule has 0 aromatic heterocycles. The molecule has 0 aliphatic heterocycles. The molecule has 0 fully saturated rings. The molecule has 1 nitrogen and oxygen atoms in total. The molecule has 19 heavy (non-hydrogen) atoms. The van der Waals surface area contributed by atoms with Crippen LogP contribution in [0.5, 0.6) is 0 Å². The van der Waals surface area contributed by atoms with E-state index in [-0.39, 0.29) is 6.04 Å². The zero-order chi connectivity index (χ0) is 13.8. The summed E-state index contributed by atoms with van der Waals surface area (Å²) in [5.74, 6) is 0. The lowest BCUT2D eigenvalue weighted by molar-refractivity contribution is 0.630. The lowest BCUT2D eigenvalue weighted by atomic mass is 9.97. The Kier molecular flexibility index (Phi) is 5.03. The van der Waals surface area contributed by atoms with Crippen molar-refractivity contribution < 1.29 is 0 Å². The number of rotatable bonds is 4. The molecule has 100 valence electrons. The van der Waals surface area contributed by atoms with Crippen molar-refractivity contribution in [3.63, 3.8) is 0 Å². The quantitative estimate of drug-likeness (QED) is 0.817. The largest absolute Gasteiger partial charge is 0.307 e. The highest BCUT2D eigenvalue weighted by molar-refractivity contribution is 9.10. The minimum absolute atomic E-state index is 0.203. The Morgan fingerprint density at radius 3 is 2.32 bits per heavy atom. The van der Waals surface area contributed by atoms with Gasteiger partial charge in [-0.15, -0.1) is 0 Å². The summed E-state index contributed by atoms with van der Waals surface area (Å²) in [5, 5.41) is 4.29. The smallest absolute Gasteiger partial charge is 0.0576 e. The lowest BCUT2D eigenvalue weighted by Crippen LogP contribution is -2.22. The van der Waals surface area contributed by atoms with Gasteiger partial charge in [-0.05, 0) is 48.4 Å². The first-order valence-corrected chi connectivity index (χ1v) is 7.54. The van der Waals surface area contributed by atoms with Gasteiger partial charge in [-0.25, -0.2) is 0 Å². The normalized spacial score (nSPS) is 12.4. The molecule has 0 radical (unpaired) electrons. The Morgan fingerprint density at radius 1 is 1.11 bits per heavy atom. The molecule has 0 spiro atoms. The number of aryl methyl sites for hydroxylation is 1. The van der Waals surface area contributed by atoms with Gasteiger partial charge in [0.05, 0.1) is 6.04 Å². The van der Waals surface area contributed by atoms with Gasteiger partial charge in [0.25, 0.3) is 0 Å². The topological polar surface area (TPSA) is 12.0 Å². The van der Waals surface area contributed by atoms with Crippen molar-refractivity contribution in [3.8, 4) is 0 Å². The molecule has 0 saturated carbocycles. The zero-order valence-electron chi connectivity index (χ0n) is 11.1. The molecule has 2 aromatic rings. The second kappa shape index (κ2) is 6.56. The zero-order valence-corrected chi connectivity index (χ0v) is 13.4. The van der Waals surface area contributed by atoms with Crippen LogP contribution in [0.1, 0.15) is 29.7 Å². The van der Waals surface area contributed by atoms with Crippen molar-refractivity contribution >= 4 is 27.5 Å². The SMILES string of the molecule is CCNC(c1ccc(Cl)cc1)c1ccc(Br)c(C)c1. The van der Waals surface area contributed by atoms with Gasteiger partial charge in [-0.1, -0.05) is 58.7 Å². The van der Waals surface area contributed by atoms with E-state index in [4.69, 9.17) is 11.6 Å². The van der Waals surface area contributed by atoms with E-state index >= 15 is 0 Å². The van der Waals surface area contributed by atoms with Crippen LogP contribution in [-0.2, 0) is 0 Å². The minimum Gasteiger partial charge on any atom is -0.307 e. The van der Waals surface area contributed by atoms with Crippen molar-refractivity contribution in [1.82, 2.24) is 5.32 Å². The molecule has 0 amide bonds. The third-order valence-electron chi connectivity index (χ3n) is 3.13. The summed E-state index contributed by atoms with van der Waals surface area (Å²) in [6.07, 6.45) is 0. The van der Waals surface area contributed by atoms with Crippen molar-refractivity contribution in [3.05, 3.63) is 68.7 Å². The van der Waals surface area contributed by atoms with E-state index in [1.807, 2.05) is 12.1 Å². The van der Waals surface area contributed by atoms with Crippen LogP contribution in [0.15, 0.2) is 46.9 Å². The van der Waals surface area contributed by atoms with Gasteiger partial charge in [-0.3, -0.25) is 0 Å². The van der Waals surface area contributed by atoms with Crippen molar-refractivity contribution in [2.24, 2.45) is 0 Å². The first-order chi connectivity index (χ1) is 9.11. The highest BCUT2D eigenvalue weighted by Crippen LogP contribution is 2.26. The van der Waals surface area contributed by atoms with Crippen LogP contribution in [0.2, 0.25) is 5.02 Å². The maximum Gasteiger partial charge on any atom is 0.0576 e. The Balaban J connectivity index is 2.38. The summed E-state index contributed by atoms with van der Waals surface area (Å²) in [6, 6.07) is 14.7. The van der Waals surface area contributed by atoms with E-state index in [1.165, 1.54) is 16.7 Å². The van der Waals surface area contributed by atoms with E-state index in [2.05, 4.69) is 65.4 Å². The Labute approximate surface area is 128 Å². The van der Waals surface area contributed by atoms with E-state index in [1.54, 1.807) is 0 Å². The van der Waals surface area contributed by atoms with E-state index < -0.39 is 0 Å². The van der Waals surface area contributed by atoms with Gasteiger partial charge in [0.1, 0.15) is 0 Å². The summed E-state index contributed by atoms with van der Waals surface area (Å²) in [7, 11) is 0. The average molecular weight is 339 g/mol. The molecule has 2 aromatic carbocycles. The second-order valence-electron chi connectivity index (χ2n) is 4.55. The third kappa shape index (κ3) is 3.59. The third-order valence-corrected chi connectivity index (χ3v) is 4.27. The van der Waals surface area contributed by atoms with Crippen molar-refractivity contribution in [2.45, 2.75) is 19.9 Å². The summed E-state index contributed by atoms with van der Waals surface area (Å²) >= 11 is 9.50. The van der Waals surface area contributed by atoms with Crippen LogP contribution < -0.4 is 5.32 Å². The first kappa shape index (κ1) is 14.6. The number of halogens is 2. The molecule has 0 bridgehead atoms. The molecular weight excluding hydrogens is 322 g/mol.